The quantitative estimate of drug-likeness (QED) is 0.288. The number of hydrogen-bond acceptors (Lipinski definition) is 8. The van der Waals surface area contributed by atoms with Crippen LogP contribution in [0.1, 0.15) is 55.8 Å². The van der Waals surface area contributed by atoms with Gasteiger partial charge in [-0.1, -0.05) is 18.2 Å². The first-order chi connectivity index (χ1) is 20.4. The lowest BCUT2D eigenvalue weighted by molar-refractivity contribution is -0.168. The van der Waals surface area contributed by atoms with Crippen molar-refractivity contribution in [1.82, 2.24) is 14.8 Å². The standard InChI is InChI=1S/C31H43N3O8/c1-3-41-31-24(11-16-39-18-19-40-17-15-35)25(26-21-34(22(2)36)27-9-5-4-8-23(26)27)20-28(42-31)30(38)32-12-7-14-33-13-6-10-29(33)37/h4-5,8-9,20-21,24-25,31,35H,3,6-7,10-19H2,1-2H3,(H,32,38)/t24-,25-,31+/m1/s1. The number of ether oxygens (including phenoxy) is 4. The van der Waals surface area contributed by atoms with Crippen molar-refractivity contribution in [3.05, 3.63) is 47.9 Å². The SMILES string of the molecule is CCO[C@H]1OC(C(=O)NCCCN2CCCC2=O)=C[C@@H](c2cn(C(C)=O)c3ccccc23)[C@H]1CCOCCOCCO. The van der Waals surface area contributed by atoms with E-state index in [0.29, 0.717) is 58.8 Å². The molecule has 1 aromatic heterocycles. The maximum Gasteiger partial charge on any atom is 0.286 e. The average Bonchev–Trinajstić information content (AvgIpc) is 3.58. The van der Waals surface area contributed by atoms with Crippen molar-refractivity contribution < 1.29 is 38.4 Å². The molecule has 4 rings (SSSR count). The van der Waals surface area contributed by atoms with Gasteiger partial charge in [0.05, 0.1) is 31.9 Å². The molecule has 1 fully saturated rings. The number of benzene rings is 1. The molecule has 1 saturated heterocycles. The third-order valence-electron chi connectivity index (χ3n) is 7.65. The molecule has 11 heteroatoms. The molecule has 2 aliphatic heterocycles. The molecule has 230 valence electrons. The minimum atomic E-state index is -0.707. The van der Waals surface area contributed by atoms with E-state index in [1.54, 1.807) is 4.57 Å². The van der Waals surface area contributed by atoms with Gasteiger partial charge in [-0.25, -0.2) is 0 Å². The number of allylic oxidation sites excluding steroid dienone is 1. The van der Waals surface area contributed by atoms with E-state index >= 15 is 0 Å². The normalized spacial score (nSPS) is 20.5. The lowest BCUT2D eigenvalue weighted by atomic mass is 9.81. The van der Waals surface area contributed by atoms with E-state index in [1.165, 1.54) is 6.92 Å². The molecule has 1 aromatic carbocycles. The van der Waals surface area contributed by atoms with Crippen LogP contribution in [0, 0.1) is 5.92 Å². The van der Waals surface area contributed by atoms with Crippen LogP contribution in [0.3, 0.4) is 0 Å². The van der Waals surface area contributed by atoms with Gasteiger partial charge < -0.3 is 34.3 Å². The van der Waals surface area contributed by atoms with E-state index in [2.05, 4.69) is 5.32 Å². The molecule has 2 amide bonds. The molecule has 0 saturated carbocycles. The van der Waals surface area contributed by atoms with Crippen molar-refractivity contribution in [2.75, 3.05) is 59.3 Å². The Balaban J connectivity index is 1.55. The number of rotatable bonds is 16. The molecule has 3 atom stereocenters. The smallest absolute Gasteiger partial charge is 0.286 e. The van der Waals surface area contributed by atoms with Gasteiger partial charge in [0.25, 0.3) is 5.91 Å². The van der Waals surface area contributed by atoms with E-state index in [9.17, 15) is 14.4 Å². The predicted octanol–water partition coefficient (Wildman–Crippen LogP) is 2.82. The number of carbonyl (C=O) groups is 3. The predicted molar refractivity (Wildman–Crippen MR) is 156 cm³/mol. The number of aliphatic hydroxyl groups is 1. The lowest BCUT2D eigenvalue weighted by Gasteiger charge is -2.36. The summed E-state index contributed by atoms with van der Waals surface area (Å²) in [6, 6.07) is 7.72. The van der Waals surface area contributed by atoms with E-state index in [-0.39, 0.29) is 48.5 Å². The topological polar surface area (TPSA) is 129 Å². The van der Waals surface area contributed by atoms with E-state index < -0.39 is 6.29 Å². The summed E-state index contributed by atoms with van der Waals surface area (Å²) < 4.78 is 24.9. The number of likely N-dealkylation sites (tertiary alicyclic amines) is 1. The van der Waals surface area contributed by atoms with Crippen molar-refractivity contribution in [2.24, 2.45) is 5.92 Å². The number of para-hydroxylation sites is 1. The van der Waals surface area contributed by atoms with Crippen LogP contribution in [-0.2, 0) is 28.5 Å². The molecule has 11 nitrogen and oxygen atoms in total. The minimum Gasteiger partial charge on any atom is -0.459 e. The number of aromatic nitrogens is 1. The summed E-state index contributed by atoms with van der Waals surface area (Å²) in [7, 11) is 0. The second kappa shape index (κ2) is 15.8. The summed E-state index contributed by atoms with van der Waals surface area (Å²) in [5, 5.41) is 12.7. The molecule has 0 unspecified atom stereocenters. The Hall–Kier alpha value is -3.25. The summed E-state index contributed by atoms with van der Waals surface area (Å²) >= 11 is 0. The second-order valence-electron chi connectivity index (χ2n) is 10.5. The summed E-state index contributed by atoms with van der Waals surface area (Å²) in [5.41, 5.74) is 1.70. The van der Waals surface area contributed by atoms with Crippen LogP contribution in [-0.4, -0.2) is 97.9 Å². The molecule has 2 N–H and O–H groups in total. The maximum absolute atomic E-state index is 13.3. The van der Waals surface area contributed by atoms with Crippen LogP contribution in [0.15, 0.2) is 42.3 Å². The third-order valence-corrected chi connectivity index (χ3v) is 7.65. The van der Waals surface area contributed by atoms with Gasteiger partial charge in [-0.05, 0) is 43.9 Å². The number of nitrogens with zero attached hydrogens (tertiary/aromatic N) is 2. The average molecular weight is 586 g/mol. The number of amides is 2. The molecular formula is C31H43N3O8. The first-order valence-electron chi connectivity index (χ1n) is 14.9. The van der Waals surface area contributed by atoms with Crippen LogP contribution >= 0.6 is 0 Å². The highest BCUT2D eigenvalue weighted by molar-refractivity contribution is 5.95. The van der Waals surface area contributed by atoms with Gasteiger partial charge in [0.1, 0.15) is 0 Å². The highest BCUT2D eigenvalue weighted by Gasteiger charge is 2.39. The number of nitrogens with one attached hydrogen (secondary N) is 1. The van der Waals surface area contributed by atoms with Crippen LogP contribution in [0.25, 0.3) is 10.9 Å². The fourth-order valence-electron chi connectivity index (χ4n) is 5.63. The van der Waals surface area contributed by atoms with Crippen LogP contribution in [0.2, 0.25) is 0 Å². The second-order valence-corrected chi connectivity index (χ2v) is 10.5. The zero-order valence-corrected chi connectivity index (χ0v) is 24.6. The number of aliphatic hydroxyl groups excluding tert-OH is 1. The molecule has 0 radical (unpaired) electrons. The van der Waals surface area contributed by atoms with Gasteiger partial charge in [0, 0.05) is 69.6 Å². The Kier molecular flexibility index (Phi) is 11.9. The highest BCUT2D eigenvalue weighted by Crippen LogP contribution is 2.42. The highest BCUT2D eigenvalue weighted by atomic mass is 16.7. The summed E-state index contributed by atoms with van der Waals surface area (Å²) in [5.74, 6) is -0.606. The fourth-order valence-corrected chi connectivity index (χ4v) is 5.63. The first kappa shape index (κ1) is 31.7. The number of hydrogen-bond donors (Lipinski definition) is 2. The molecule has 2 aliphatic rings. The third kappa shape index (κ3) is 7.97. The fraction of sp³-hybridized carbons (Fsp3) is 0.581. The van der Waals surface area contributed by atoms with Crippen LogP contribution in [0.5, 0.6) is 0 Å². The number of carbonyl (C=O) groups excluding carboxylic acids is 3. The maximum atomic E-state index is 13.3. The first-order valence-corrected chi connectivity index (χ1v) is 14.9. The summed E-state index contributed by atoms with van der Waals surface area (Å²) in [4.78, 5) is 39.5. The number of fused-ring (bicyclic) bond motifs is 1. The van der Waals surface area contributed by atoms with Crippen molar-refractivity contribution in [3.63, 3.8) is 0 Å². The molecule has 3 heterocycles. The Morgan fingerprint density at radius 1 is 1.14 bits per heavy atom. The largest absolute Gasteiger partial charge is 0.459 e. The lowest BCUT2D eigenvalue weighted by Crippen LogP contribution is -2.40. The summed E-state index contributed by atoms with van der Waals surface area (Å²) in [6.07, 6.45) is 5.67. The zero-order valence-electron chi connectivity index (χ0n) is 24.6. The van der Waals surface area contributed by atoms with Gasteiger partial charge in [-0.3, -0.25) is 19.0 Å². The Morgan fingerprint density at radius 2 is 1.93 bits per heavy atom. The van der Waals surface area contributed by atoms with Crippen molar-refractivity contribution in [3.8, 4) is 0 Å². The van der Waals surface area contributed by atoms with Gasteiger partial charge in [0.2, 0.25) is 18.1 Å². The van der Waals surface area contributed by atoms with E-state index in [1.807, 2.05) is 48.4 Å². The Bertz CT molecular complexity index is 1240. The van der Waals surface area contributed by atoms with Crippen molar-refractivity contribution in [2.45, 2.75) is 51.7 Å². The zero-order chi connectivity index (χ0) is 29.9. The molecule has 0 aliphatic carbocycles. The van der Waals surface area contributed by atoms with Gasteiger partial charge in [-0.15, -0.1) is 0 Å². The minimum absolute atomic E-state index is 0.0363. The molecule has 0 spiro atoms. The van der Waals surface area contributed by atoms with Gasteiger partial charge in [0.15, 0.2) is 5.76 Å². The Morgan fingerprint density at radius 3 is 2.64 bits per heavy atom. The summed E-state index contributed by atoms with van der Waals surface area (Å²) in [6.45, 7) is 6.98. The monoisotopic (exact) mass is 585 g/mol. The van der Waals surface area contributed by atoms with E-state index in [4.69, 9.17) is 24.1 Å². The molecular weight excluding hydrogens is 542 g/mol. The van der Waals surface area contributed by atoms with Crippen LogP contribution in [0.4, 0.5) is 0 Å². The van der Waals surface area contributed by atoms with Crippen molar-refractivity contribution in [1.29, 1.82) is 0 Å². The molecule has 42 heavy (non-hydrogen) atoms. The molecule has 2 aromatic rings. The van der Waals surface area contributed by atoms with Gasteiger partial charge in [-0.2, -0.15) is 0 Å². The Labute approximate surface area is 246 Å². The van der Waals surface area contributed by atoms with Gasteiger partial charge >= 0.3 is 0 Å². The van der Waals surface area contributed by atoms with Crippen LogP contribution < -0.4 is 5.32 Å². The molecule has 0 bridgehead atoms. The van der Waals surface area contributed by atoms with E-state index in [0.717, 1.165) is 29.4 Å². The van der Waals surface area contributed by atoms with Crippen molar-refractivity contribution >= 4 is 28.6 Å².